The molecule has 31 heavy (non-hydrogen) atoms. The average Bonchev–Trinajstić information content (AvgIpc) is 3.15. The van der Waals surface area contributed by atoms with E-state index in [1.54, 1.807) is 23.7 Å². The summed E-state index contributed by atoms with van der Waals surface area (Å²) in [4.78, 5) is 44.5. The number of hydrogen-bond donors (Lipinski definition) is 0. The van der Waals surface area contributed by atoms with E-state index < -0.39 is 11.2 Å². The van der Waals surface area contributed by atoms with Gasteiger partial charge in [-0.3, -0.25) is 18.7 Å². The first-order valence-electron chi connectivity index (χ1n) is 10.2. The Balaban J connectivity index is 1.74. The molecule has 0 unspecified atom stereocenters. The highest BCUT2D eigenvalue weighted by atomic mass is 35.5. The summed E-state index contributed by atoms with van der Waals surface area (Å²) in [6.07, 6.45) is 3.22. The SMILES string of the molecule is Cn1c(=O)c2c(nc(SCC(=O)N3CCCCC3)n2Cc2ccc(Cl)cc2)n(C)c1=O. The number of carbonyl (C=O) groups excluding carboxylic acids is 1. The molecule has 164 valence electrons. The third-order valence-corrected chi connectivity index (χ3v) is 6.81. The molecule has 1 aliphatic rings. The smallest absolute Gasteiger partial charge is 0.332 e. The van der Waals surface area contributed by atoms with Crippen molar-refractivity contribution >= 4 is 40.4 Å². The largest absolute Gasteiger partial charge is 0.342 e. The van der Waals surface area contributed by atoms with Crippen LogP contribution in [0, 0.1) is 0 Å². The van der Waals surface area contributed by atoms with Gasteiger partial charge in [0, 0.05) is 32.2 Å². The van der Waals surface area contributed by atoms with E-state index >= 15 is 0 Å². The number of fused-ring (bicyclic) bond motifs is 1. The van der Waals surface area contributed by atoms with Crippen molar-refractivity contribution in [1.29, 1.82) is 0 Å². The maximum absolute atomic E-state index is 12.9. The molecule has 1 saturated heterocycles. The van der Waals surface area contributed by atoms with Crippen LogP contribution in [0.15, 0.2) is 39.0 Å². The van der Waals surface area contributed by atoms with E-state index in [9.17, 15) is 14.4 Å². The van der Waals surface area contributed by atoms with Crippen LogP contribution in [0.2, 0.25) is 5.02 Å². The molecule has 1 aliphatic heterocycles. The molecule has 4 rings (SSSR count). The first-order valence-corrected chi connectivity index (χ1v) is 11.5. The minimum Gasteiger partial charge on any atom is -0.342 e. The Labute approximate surface area is 188 Å². The van der Waals surface area contributed by atoms with E-state index in [4.69, 9.17) is 11.6 Å². The number of aryl methyl sites for hydroxylation is 1. The van der Waals surface area contributed by atoms with E-state index in [2.05, 4.69) is 4.98 Å². The van der Waals surface area contributed by atoms with Gasteiger partial charge in [-0.25, -0.2) is 9.78 Å². The van der Waals surface area contributed by atoms with Crippen LogP contribution in [-0.2, 0) is 25.4 Å². The molecule has 0 saturated carbocycles. The first kappa shape index (κ1) is 21.7. The highest BCUT2D eigenvalue weighted by Crippen LogP contribution is 2.24. The van der Waals surface area contributed by atoms with Gasteiger partial charge in [0.05, 0.1) is 12.3 Å². The van der Waals surface area contributed by atoms with Gasteiger partial charge in [0.2, 0.25) is 5.91 Å². The molecule has 1 aromatic carbocycles. The summed E-state index contributed by atoms with van der Waals surface area (Å²) in [7, 11) is 3.05. The molecule has 10 heteroatoms. The fourth-order valence-corrected chi connectivity index (χ4v) is 4.84. The molecular weight excluding hydrogens is 438 g/mol. The Morgan fingerprint density at radius 2 is 1.74 bits per heavy atom. The van der Waals surface area contributed by atoms with Crippen LogP contribution < -0.4 is 11.2 Å². The molecule has 1 amide bonds. The molecular formula is C21H24ClN5O3S. The van der Waals surface area contributed by atoms with Crippen molar-refractivity contribution in [1.82, 2.24) is 23.6 Å². The number of aromatic nitrogens is 4. The Bertz CT molecular complexity index is 1240. The standard InChI is InChI=1S/C21H24ClN5O3S/c1-24-18-17(19(29)25(2)21(24)30)27(12-14-6-8-15(22)9-7-14)20(23-18)31-13-16(28)26-10-4-3-5-11-26/h6-9H,3-5,10-13H2,1-2H3. The molecule has 0 atom stereocenters. The number of carbonyl (C=O) groups is 1. The van der Waals surface area contributed by atoms with Gasteiger partial charge in [0.1, 0.15) is 0 Å². The number of amides is 1. The molecule has 3 heterocycles. The van der Waals surface area contributed by atoms with Crippen molar-refractivity contribution in [2.24, 2.45) is 14.1 Å². The maximum atomic E-state index is 12.9. The molecule has 1 fully saturated rings. The minimum absolute atomic E-state index is 0.0663. The third kappa shape index (κ3) is 4.29. The fraction of sp³-hybridized carbons (Fsp3) is 0.429. The number of thioether (sulfide) groups is 1. The highest BCUT2D eigenvalue weighted by molar-refractivity contribution is 7.99. The summed E-state index contributed by atoms with van der Waals surface area (Å²) in [6, 6.07) is 7.34. The van der Waals surface area contributed by atoms with E-state index in [0.717, 1.165) is 42.5 Å². The Morgan fingerprint density at radius 1 is 1.06 bits per heavy atom. The van der Waals surface area contributed by atoms with Crippen LogP contribution in [0.5, 0.6) is 0 Å². The zero-order chi connectivity index (χ0) is 22.1. The predicted octanol–water partition coefficient (Wildman–Crippen LogP) is 2.24. The van der Waals surface area contributed by atoms with Crippen LogP contribution in [0.25, 0.3) is 11.2 Å². The van der Waals surface area contributed by atoms with Crippen LogP contribution in [0.1, 0.15) is 24.8 Å². The summed E-state index contributed by atoms with van der Waals surface area (Å²) in [5.74, 6) is 0.301. The Hall–Kier alpha value is -2.52. The van der Waals surface area contributed by atoms with Gasteiger partial charge < -0.3 is 9.47 Å². The van der Waals surface area contributed by atoms with Crippen molar-refractivity contribution < 1.29 is 4.79 Å². The van der Waals surface area contributed by atoms with Crippen LogP contribution >= 0.6 is 23.4 Å². The summed E-state index contributed by atoms with van der Waals surface area (Å²) >= 11 is 7.30. The highest BCUT2D eigenvalue weighted by Gasteiger charge is 2.22. The third-order valence-electron chi connectivity index (χ3n) is 5.60. The molecule has 0 aliphatic carbocycles. The van der Waals surface area contributed by atoms with Crippen molar-refractivity contribution in [3.8, 4) is 0 Å². The number of likely N-dealkylation sites (tertiary alicyclic amines) is 1. The quantitative estimate of drug-likeness (QED) is 0.544. The number of imidazole rings is 1. The van der Waals surface area contributed by atoms with E-state index in [-0.39, 0.29) is 11.7 Å². The monoisotopic (exact) mass is 461 g/mol. The number of nitrogens with zero attached hydrogens (tertiary/aromatic N) is 5. The summed E-state index contributed by atoms with van der Waals surface area (Å²) in [6.45, 7) is 1.95. The summed E-state index contributed by atoms with van der Waals surface area (Å²) < 4.78 is 4.23. The first-order chi connectivity index (χ1) is 14.9. The lowest BCUT2D eigenvalue weighted by Gasteiger charge is -2.26. The molecule has 0 radical (unpaired) electrons. The molecule has 0 N–H and O–H groups in total. The lowest BCUT2D eigenvalue weighted by molar-refractivity contribution is -0.129. The minimum atomic E-state index is -0.436. The van der Waals surface area contributed by atoms with Gasteiger partial charge in [0.15, 0.2) is 16.3 Å². The normalized spacial score (nSPS) is 14.4. The zero-order valence-electron chi connectivity index (χ0n) is 17.5. The number of halogens is 1. The average molecular weight is 462 g/mol. The number of rotatable bonds is 5. The Kier molecular flexibility index (Phi) is 6.24. The Morgan fingerprint density at radius 3 is 2.42 bits per heavy atom. The second kappa shape index (κ2) is 8.92. The van der Waals surface area contributed by atoms with Gasteiger partial charge in [-0.1, -0.05) is 35.5 Å². The van der Waals surface area contributed by atoms with Crippen molar-refractivity contribution in [3.63, 3.8) is 0 Å². The lowest BCUT2D eigenvalue weighted by Crippen LogP contribution is -2.37. The van der Waals surface area contributed by atoms with Crippen molar-refractivity contribution in [2.75, 3.05) is 18.8 Å². The lowest BCUT2D eigenvalue weighted by atomic mass is 10.1. The van der Waals surface area contributed by atoms with Gasteiger partial charge >= 0.3 is 5.69 Å². The predicted molar refractivity (Wildman–Crippen MR) is 122 cm³/mol. The molecule has 0 bridgehead atoms. The number of benzene rings is 1. The molecule has 0 spiro atoms. The molecule has 3 aromatic rings. The van der Waals surface area contributed by atoms with Crippen molar-refractivity contribution in [3.05, 3.63) is 55.7 Å². The van der Waals surface area contributed by atoms with Crippen molar-refractivity contribution in [2.45, 2.75) is 31.0 Å². The van der Waals surface area contributed by atoms with Gasteiger partial charge in [-0.15, -0.1) is 0 Å². The van der Waals surface area contributed by atoms with Crippen LogP contribution in [0.3, 0.4) is 0 Å². The van der Waals surface area contributed by atoms with E-state index in [1.807, 2.05) is 17.0 Å². The fourth-order valence-electron chi connectivity index (χ4n) is 3.82. The van der Waals surface area contributed by atoms with Gasteiger partial charge in [-0.2, -0.15) is 0 Å². The van der Waals surface area contributed by atoms with E-state index in [0.29, 0.717) is 27.9 Å². The van der Waals surface area contributed by atoms with Gasteiger partial charge in [-0.05, 0) is 37.0 Å². The molecule has 2 aromatic heterocycles. The topological polar surface area (TPSA) is 82.1 Å². The second-order valence-electron chi connectivity index (χ2n) is 7.72. The number of piperidine rings is 1. The molecule has 8 nitrogen and oxygen atoms in total. The number of hydrogen-bond acceptors (Lipinski definition) is 5. The van der Waals surface area contributed by atoms with Crippen LogP contribution in [0.4, 0.5) is 0 Å². The van der Waals surface area contributed by atoms with Gasteiger partial charge in [0.25, 0.3) is 5.56 Å². The maximum Gasteiger partial charge on any atom is 0.332 e. The summed E-state index contributed by atoms with van der Waals surface area (Å²) in [5, 5.41) is 1.16. The zero-order valence-corrected chi connectivity index (χ0v) is 19.1. The van der Waals surface area contributed by atoms with Crippen LogP contribution in [-0.4, -0.2) is 48.3 Å². The second-order valence-corrected chi connectivity index (χ2v) is 9.09. The van der Waals surface area contributed by atoms with E-state index in [1.165, 1.54) is 23.4 Å². The summed E-state index contributed by atoms with van der Waals surface area (Å²) in [5.41, 5.74) is 0.745.